The van der Waals surface area contributed by atoms with E-state index in [9.17, 15) is 4.79 Å². The predicted octanol–water partition coefficient (Wildman–Crippen LogP) is 5.11. The molecule has 0 atom stereocenters. The van der Waals surface area contributed by atoms with E-state index in [-0.39, 0.29) is 11.9 Å². The summed E-state index contributed by atoms with van der Waals surface area (Å²) < 4.78 is 11.3. The van der Waals surface area contributed by atoms with Crippen LogP contribution >= 0.6 is 11.3 Å². The third kappa shape index (κ3) is 2.77. The first-order valence-corrected chi connectivity index (χ1v) is 10.8. The number of allylic oxidation sites excluding steroid dienone is 1. The Morgan fingerprint density at radius 1 is 1.20 bits per heavy atom. The van der Waals surface area contributed by atoms with Crippen LogP contribution in [0.15, 0.2) is 45.6 Å². The molecule has 4 heterocycles. The Hall–Kier alpha value is -3.32. The van der Waals surface area contributed by atoms with Crippen LogP contribution in [0.4, 0.5) is 5.69 Å². The summed E-state index contributed by atoms with van der Waals surface area (Å²) in [7, 11) is 0. The van der Waals surface area contributed by atoms with Crippen molar-refractivity contribution in [1.82, 2.24) is 10.3 Å². The molecule has 150 valence electrons. The van der Waals surface area contributed by atoms with Crippen LogP contribution in [-0.4, -0.2) is 16.9 Å². The third-order valence-electron chi connectivity index (χ3n) is 5.67. The van der Waals surface area contributed by atoms with Gasteiger partial charge in [-0.2, -0.15) is 0 Å². The van der Waals surface area contributed by atoms with Crippen molar-refractivity contribution in [3.63, 3.8) is 0 Å². The van der Waals surface area contributed by atoms with Crippen molar-refractivity contribution in [3.8, 4) is 11.3 Å². The zero-order chi connectivity index (χ0) is 20.2. The van der Waals surface area contributed by atoms with Crippen molar-refractivity contribution in [3.05, 3.63) is 58.7 Å². The molecule has 4 aromatic rings. The van der Waals surface area contributed by atoms with Crippen molar-refractivity contribution in [1.29, 1.82) is 0 Å². The van der Waals surface area contributed by atoms with E-state index >= 15 is 0 Å². The smallest absolute Gasteiger partial charge is 0.263 e. The van der Waals surface area contributed by atoms with Gasteiger partial charge in [-0.1, -0.05) is 0 Å². The molecule has 0 spiro atoms. The fraction of sp³-hybridized carbons (Fsp3) is 0.217. The number of hydrogen-bond donors (Lipinski definition) is 2. The molecular weight excluding hydrogens is 398 g/mol. The van der Waals surface area contributed by atoms with E-state index in [1.165, 1.54) is 11.3 Å². The largest absolute Gasteiger partial charge is 0.465 e. The molecule has 4 aromatic heterocycles. The van der Waals surface area contributed by atoms with Gasteiger partial charge in [0.2, 0.25) is 0 Å². The highest BCUT2D eigenvalue weighted by molar-refractivity contribution is 7.21. The normalized spacial score (nSPS) is 17.0. The monoisotopic (exact) mass is 417 g/mol. The van der Waals surface area contributed by atoms with E-state index in [0.717, 1.165) is 69.8 Å². The van der Waals surface area contributed by atoms with Crippen LogP contribution in [0.2, 0.25) is 0 Å². The number of pyridine rings is 1. The van der Waals surface area contributed by atoms with Crippen LogP contribution in [0, 0.1) is 0 Å². The molecule has 30 heavy (non-hydrogen) atoms. The number of fused-ring (bicyclic) bond motifs is 2. The van der Waals surface area contributed by atoms with E-state index < -0.39 is 0 Å². The van der Waals surface area contributed by atoms with Crippen LogP contribution in [0.25, 0.3) is 33.2 Å². The Kier molecular flexibility index (Phi) is 3.86. The van der Waals surface area contributed by atoms with Gasteiger partial charge in [-0.15, -0.1) is 11.3 Å². The molecule has 6 rings (SSSR count). The molecule has 0 aliphatic heterocycles. The van der Waals surface area contributed by atoms with Crippen LogP contribution in [0.1, 0.15) is 46.0 Å². The highest BCUT2D eigenvalue weighted by Crippen LogP contribution is 2.47. The number of thiophene rings is 1. The second kappa shape index (κ2) is 6.60. The molecule has 1 amide bonds. The summed E-state index contributed by atoms with van der Waals surface area (Å²) in [5, 5.41) is 3.85. The van der Waals surface area contributed by atoms with Gasteiger partial charge < -0.3 is 19.9 Å². The Morgan fingerprint density at radius 3 is 2.77 bits per heavy atom. The van der Waals surface area contributed by atoms with Gasteiger partial charge in [0.15, 0.2) is 0 Å². The number of carbonyl (C=O) groups excluding carboxylic acids is 1. The average molecular weight is 417 g/mol. The van der Waals surface area contributed by atoms with Crippen molar-refractivity contribution in [2.75, 3.05) is 5.73 Å². The lowest BCUT2D eigenvalue weighted by Crippen LogP contribution is -2.25. The van der Waals surface area contributed by atoms with E-state index in [0.29, 0.717) is 10.6 Å². The molecule has 1 saturated carbocycles. The lowest BCUT2D eigenvalue weighted by atomic mass is 10.0. The van der Waals surface area contributed by atoms with Crippen molar-refractivity contribution < 1.29 is 13.6 Å². The summed E-state index contributed by atoms with van der Waals surface area (Å²) in [4.78, 5) is 19.0. The minimum absolute atomic E-state index is 0.116. The maximum absolute atomic E-state index is 12.8. The van der Waals surface area contributed by atoms with Crippen LogP contribution in [0.3, 0.4) is 0 Å². The fourth-order valence-electron chi connectivity index (χ4n) is 4.10. The molecule has 2 aliphatic rings. The summed E-state index contributed by atoms with van der Waals surface area (Å²) in [5.41, 5.74) is 11.1. The Balaban J connectivity index is 1.58. The number of anilines is 1. The zero-order valence-electron chi connectivity index (χ0n) is 16.1. The number of nitrogen functional groups attached to an aromatic ring is 1. The highest BCUT2D eigenvalue weighted by atomic mass is 32.1. The van der Waals surface area contributed by atoms with Crippen LogP contribution < -0.4 is 11.1 Å². The summed E-state index contributed by atoms with van der Waals surface area (Å²) in [6.07, 6.45) is 9.12. The van der Waals surface area contributed by atoms with Crippen molar-refractivity contribution in [2.24, 2.45) is 0 Å². The molecule has 0 bridgehead atoms. The first-order chi connectivity index (χ1) is 14.7. The minimum atomic E-state index is -0.116. The molecule has 6 nitrogen and oxygen atoms in total. The number of hydrogen-bond acceptors (Lipinski definition) is 6. The van der Waals surface area contributed by atoms with Crippen molar-refractivity contribution >= 4 is 44.8 Å². The van der Waals surface area contributed by atoms with Crippen LogP contribution in [-0.2, 0) is 6.42 Å². The number of nitrogens with one attached hydrogen (secondary N) is 1. The number of furan rings is 2. The zero-order valence-corrected chi connectivity index (χ0v) is 16.9. The SMILES string of the molecule is Nc1c(C(=O)NC2CC2)sc2nc3c(c(-c4ccco4)c12)CCC3=Cc1ccco1. The summed E-state index contributed by atoms with van der Waals surface area (Å²) in [5.74, 6) is 1.43. The Bertz CT molecular complexity index is 1300. The second-order valence-corrected chi connectivity index (χ2v) is 8.75. The fourth-order valence-corrected chi connectivity index (χ4v) is 5.11. The molecule has 1 fully saturated rings. The van der Waals surface area contributed by atoms with E-state index in [4.69, 9.17) is 19.6 Å². The first-order valence-electron chi connectivity index (χ1n) is 10.0. The summed E-state index contributed by atoms with van der Waals surface area (Å²) in [6.45, 7) is 0. The molecule has 7 heteroatoms. The van der Waals surface area contributed by atoms with Gasteiger partial charge in [0.1, 0.15) is 21.2 Å². The Labute approximate surface area is 176 Å². The Morgan fingerprint density at radius 2 is 2.03 bits per heavy atom. The van der Waals surface area contributed by atoms with Gasteiger partial charge in [-0.25, -0.2) is 4.98 Å². The number of nitrogens with two attached hydrogens (primary N) is 1. The first kappa shape index (κ1) is 17.5. The van der Waals surface area contributed by atoms with Gasteiger partial charge >= 0.3 is 0 Å². The molecule has 3 N–H and O–H groups in total. The van der Waals surface area contributed by atoms with Gasteiger partial charge in [0.05, 0.1) is 23.9 Å². The summed E-state index contributed by atoms with van der Waals surface area (Å²) >= 11 is 1.35. The standard InChI is InChI=1S/C23H19N3O3S/c24-19-18-17(16-4-2-10-29-16)15-8-5-12(11-14-3-1-9-28-14)20(15)26-23(18)30-21(19)22(27)25-13-6-7-13/h1-4,9-11,13H,5-8,24H2,(H,25,27). The van der Waals surface area contributed by atoms with Gasteiger partial charge in [0, 0.05) is 17.0 Å². The average Bonchev–Trinajstić information content (AvgIpc) is 3.21. The predicted molar refractivity (Wildman–Crippen MR) is 117 cm³/mol. The second-order valence-electron chi connectivity index (χ2n) is 7.75. The number of nitrogens with zero attached hydrogens (tertiary/aromatic N) is 1. The van der Waals surface area contributed by atoms with Gasteiger partial charge in [-0.05, 0) is 67.2 Å². The number of carbonyl (C=O) groups is 1. The van der Waals surface area contributed by atoms with E-state index in [1.807, 2.05) is 30.3 Å². The van der Waals surface area contributed by atoms with Gasteiger partial charge in [0.25, 0.3) is 5.91 Å². The van der Waals surface area contributed by atoms with Crippen molar-refractivity contribution in [2.45, 2.75) is 31.7 Å². The maximum Gasteiger partial charge on any atom is 0.263 e. The van der Waals surface area contributed by atoms with E-state index in [2.05, 4.69) is 5.32 Å². The lowest BCUT2D eigenvalue weighted by molar-refractivity contribution is 0.0956. The molecule has 0 aromatic carbocycles. The molecule has 0 saturated heterocycles. The molecule has 0 unspecified atom stereocenters. The topological polar surface area (TPSA) is 94.3 Å². The number of aromatic nitrogens is 1. The van der Waals surface area contributed by atoms with Gasteiger partial charge in [-0.3, -0.25) is 4.79 Å². The third-order valence-corrected chi connectivity index (χ3v) is 6.77. The maximum atomic E-state index is 12.8. The van der Waals surface area contributed by atoms with Crippen LogP contribution in [0.5, 0.6) is 0 Å². The molecule has 0 radical (unpaired) electrons. The molecular formula is C23H19N3O3S. The quantitative estimate of drug-likeness (QED) is 0.481. The number of amides is 1. The van der Waals surface area contributed by atoms with E-state index in [1.54, 1.807) is 12.5 Å². The summed E-state index contributed by atoms with van der Waals surface area (Å²) in [6, 6.07) is 7.88. The lowest BCUT2D eigenvalue weighted by Gasteiger charge is -2.09. The highest BCUT2D eigenvalue weighted by Gasteiger charge is 2.31. The molecule has 2 aliphatic carbocycles. The minimum Gasteiger partial charge on any atom is -0.465 e. The number of rotatable bonds is 4.